The van der Waals surface area contributed by atoms with Gasteiger partial charge in [-0.05, 0) is 6.07 Å². The van der Waals surface area contributed by atoms with E-state index in [1.54, 1.807) is 18.2 Å². The molecule has 0 fully saturated rings. The van der Waals surface area contributed by atoms with Gasteiger partial charge >= 0.3 is 5.97 Å². The van der Waals surface area contributed by atoms with E-state index in [1.807, 2.05) is 0 Å². The number of para-hydroxylation sites is 1. The van der Waals surface area contributed by atoms with Crippen molar-refractivity contribution in [2.45, 2.75) is 0 Å². The highest BCUT2D eigenvalue weighted by Crippen LogP contribution is 2.16. The van der Waals surface area contributed by atoms with Gasteiger partial charge in [-0.1, -0.05) is 12.1 Å². The SMILES string of the molecule is COC(=O)c1ccc[c]c1OC. The molecule has 0 spiro atoms. The Morgan fingerprint density at radius 2 is 2.25 bits per heavy atom. The summed E-state index contributed by atoms with van der Waals surface area (Å²) in [4.78, 5) is 11.1. The number of hydrogen-bond donors (Lipinski definition) is 0. The van der Waals surface area contributed by atoms with Crippen molar-refractivity contribution in [2.24, 2.45) is 0 Å². The lowest BCUT2D eigenvalue weighted by molar-refractivity contribution is 0.0597. The lowest BCUT2D eigenvalue weighted by Gasteiger charge is -2.04. The van der Waals surface area contributed by atoms with E-state index in [1.165, 1.54) is 14.2 Å². The Kier molecular flexibility index (Phi) is 2.69. The van der Waals surface area contributed by atoms with Gasteiger partial charge in [0.15, 0.2) is 0 Å². The molecule has 0 aliphatic rings. The molecule has 0 aliphatic carbocycles. The van der Waals surface area contributed by atoms with Crippen LogP contribution in [0.5, 0.6) is 5.75 Å². The van der Waals surface area contributed by atoms with E-state index in [0.717, 1.165) is 0 Å². The van der Waals surface area contributed by atoms with Gasteiger partial charge in [-0.3, -0.25) is 0 Å². The number of methoxy groups -OCH3 is 2. The van der Waals surface area contributed by atoms with Gasteiger partial charge in [-0.2, -0.15) is 0 Å². The quantitative estimate of drug-likeness (QED) is 0.619. The van der Waals surface area contributed by atoms with Gasteiger partial charge in [0.25, 0.3) is 0 Å². The minimum absolute atomic E-state index is 0.391. The molecule has 3 nitrogen and oxygen atoms in total. The number of carbonyl (C=O) groups excluding carboxylic acids is 1. The molecule has 0 amide bonds. The lowest BCUT2D eigenvalue weighted by atomic mass is 10.2. The van der Waals surface area contributed by atoms with E-state index in [9.17, 15) is 4.79 Å². The van der Waals surface area contributed by atoms with Gasteiger partial charge in [-0.15, -0.1) is 0 Å². The summed E-state index contributed by atoms with van der Waals surface area (Å²) in [6.07, 6.45) is 0. The second-order valence-electron chi connectivity index (χ2n) is 2.11. The summed E-state index contributed by atoms with van der Waals surface area (Å²) in [6, 6.07) is 7.78. The molecule has 3 heteroatoms. The van der Waals surface area contributed by atoms with Gasteiger partial charge in [-0.25, -0.2) is 4.79 Å². The summed E-state index contributed by atoms with van der Waals surface area (Å²) in [5, 5.41) is 0. The van der Waals surface area contributed by atoms with Crippen molar-refractivity contribution in [1.29, 1.82) is 0 Å². The molecule has 0 heterocycles. The number of rotatable bonds is 2. The molecule has 0 aromatic heterocycles. The molecular weight excluding hydrogens is 156 g/mol. The maximum atomic E-state index is 11.1. The Morgan fingerprint density at radius 3 is 2.83 bits per heavy atom. The normalized spacial score (nSPS) is 9.17. The Morgan fingerprint density at radius 1 is 1.50 bits per heavy atom. The third kappa shape index (κ3) is 1.56. The zero-order valence-corrected chi connectivity index (χ0v) is 6.96. The second kappa shape index (κ2) is 3.76. The first-order valence-electron chi connectivity index (χ1n) is 3.42. The fourth-order valence-corrected chi connectivity index (χ4v) is 0.861. The smallest absolute Gasteiger partial charge is 0.341 e. The number of benzene rings is 1. The molecule has 1 aromatic carbocycles. The Labute approximate surface area is 70.9 Å². The van der Waals surface area contributed by atoms with Crippen molar-refractivity contribution < 1.29 is 14.3 Å². The molecule has 0 N–H and O–H groups in total. The fourth-order valence-electron chi connectivity index (χ4n) is 0.861. The van der Waals surface area contributed by atoms with Gasteiger partial charge in [0.2, 0.25) is 0 Å². The van der Waals surface area contributed by atoms with Crippen LogP contribution in [0.25, 0.3) is 0 Å². The highest BCUT2D eigenvalue weighted by atomic mass is 16.5. The number of carbonyl (C=O) groups is 1. The topological polar surface area (TPSA) is 35.5 Å². The molecule has 0 saturated heterocycles. The number of ether oxygens (including phenoxy) is 2. The zero-order valence-electron chi connectivity index (χ0n) is 6.96. The largest absolute Gasteiger partial charge is 0.495 e. The lowest BCUT2D eigenvalue weighted by Crippen LogP contribution is -2.03. The van der Waals surface area contributed by atoms with E-state index in [-0.39, 0.29) is 0 Å². The van der Waals surface area contributed by atoms with Crippen LogP contribution in [0.1, 0.15) is 10.4 Å². The Hall–Kier alpha value is -1.51. The highest BCUT2D eigenvalue weighted by molar-refractivity contribution is 5.92. The number of hydrogen-bond acceptors (Lipinski definition) is 3. The van der Waals surface area contributed by atoms with Gasteiger partial charge in [0.1, 0.15) is 11.3 Å². The van der Waals surface area contributed by atoms with Crippen molar-refractivity contribution in [3.05, 3.63) is 29.8 Å². The summed E-state index contributed by atoms with van der Waals surface area (Å²) in [5.41, 5.74) is 0.391. The van der Waals surface area contributed by atoms with Crippen molar-refractivity contribution in [2.75, 3.05) is 14.2 Å². The zero-order chi connectivity index (χ0) is 8.97. The predicted octanol–water partition coefficient (Wildman–Crippen LogP) is 1.28. The molecule has 0 bridgehead atoms. The third-order valence-electron chi connectivity index (χ3n) is 1.43. The van der Waals surface area contributed by atoms with Crippen LogP contribution in [0.15, 0.2) is 18.2 Å². The third-order valence-corrected chi connectivity index (χ3v) is 1.43. The van der Waals surface area contributed by atoms with Crippen LogP contribution in [0.2, 0.25) is 0 Å². The highest BCUT2D eigenvalue weighted by Gasteiger charge is 2.10. The molecule has 1 rings (SSSR count). The van der Waals surface area contributed by atoms with Crippen LogP contribution < -0.4 is 4.74 Å². The average Bonchev–Trinajstić information content (AvgIpc) is 2.16. The van der Waals surface area contributed by atoms with E-state index in [0.29, 0.717) is 11.3 Å². The van der Waals surface area contributed by atoms with E-state index in [2.05, 4.69) is 10.8 Å². The Bertz CT molecular complexity index is 281. The van der Waals surface area contributed by atoms with Crippen LogP contribution >= 0.6 is 0 Å². The van der Waals surface area contributed by atoms with Gasteiger partial charge in [0, 0.05) is 6.07 Å². The van der Waals surface area contributed by atoms with Crippen LogP contribution in [0, 0.1) is 6.07 Å². The summed E-state index contributed by atoms with van der Waals surface area (Å²) in [5.74, 6) is -0.00644. The molecule has 1 radical (unpaired) electrons. The summed E-state index contributed by atoms with van der Waals surface area (Å²) in [7, 11) is 2.81. The summed E-state index contributed by atoms with van der Waals surface area (Å²) in [6.45, 7) is 0. The van der Waals surface area contributed by atoms with Crippen LogP contribution in [0.4, 0.5) is 0 Å². The monoisotopic (exact) mass is 165 g/mol. The molecule has 0 unspecified atom stereocenters. The van der Waals surface area contributed by atoms with Crippen LogP contribution in [-0.4, -0.2) is 20.2 Å². The fraction of sp³-hybridized carbons (Fsp3) is 0.222. The van der Waals surface area contributed by atoms with Gasteiger partial charge < -0.3 is 9.47 Å². The first-order chi connectivity index (χ1) is 5.79. The standard InChI is InChI=1S/C9H9O3/c1-11-8-6-4-3-5-7(8)9(10)12-2/h3-5H,1-2H3. The molecule has 63 valence electrons. The summed E-state index contributed by atoms with van der Waals surface area (Å²) >= 11 is 0. The maximum Gasteiger partial charge on any atom is 0.341 e. The molecule has 0 atom stereocenters. The van der Waals surface area contributed by atoms with Crippen molar-refractivity contribution in [1.82, 2.24) is 0 Å². The van der Waals surface area contributed by atoms with Crippen LogP contribution in [0.3, 0.4) is 0 Å². The molecule has 1 aromatic rings. The second-order valence-corrected chi connectivity index (χ2v) is 2.11. The molecular formula is C9H9O3. The predicted molar refractivity (Wildman–Crippen MR) is 43.2 cm³/mol. The minimum Gasteiger partial charge on any atom is -0.495 e. The molecule has 0 aliphatic heterocycles. The summed E-state index contributed by atoms with van der Waals surface area (Å²) < 4.78 is 9.45. The molecule has 0 saturated carbocycles. The molecule has 12 heavy (non-hydrogen) atoms. The maximum absolute atomic E-state index is 11.1. The van der Waals surface area contributed by atoms with E-state index in [4.69, 9.17) is 4.74 Å². The van der Waals surface area contributed by atoms with E-state index >= 15 is 0 Å². The van der Waals surface area contributed by atoms with E-state index < -0.39 is 5.97 Å². The van der Waals surface area contributed by atoms with Crippen molar-refractivity contribution >= 4 is 5.97 Å². The van der Waals surface area contributed by atoms with Crippen molar-refractivity contribution in [3.8, 4) is 5.75 Å². The van der Waals surface area contributed by atoms with Gasteiger partial charge in [0.05, 0.1) is 14.2 Å². The minimum atomic E-state index is -0.413. The first kappa shape index (κ1) is 8.59. The Balaban J connectivity index is 3.04. The average molecular weight is 165 g/mol. The van der Waals surface area contributed by atoms with Crippen LogP contribution in [-0.2, 0) is 4.74 Å². The first-order valence-corrected chi connectivity index (χ1v) is 3.42. The number of esters is 1. The van der Waals surface area contributed by atoms with Crippen molar-refractivity contribution in [3.63, 3.8) is 0 Å².